The van der Waals surface area contributed by atoms with E-state index in [-0.39, 0.29) is 11.6 Å². The van der Waals surface area contributed by atoms with Crippen LogP contribution < -0.4 is 10.2 Å². The maximum atomic E-state index is 12.3. The summed E-state index contributed by atoms with van der Waals surface area (Å²) in [6, 6.07) is 6.34. The number of piperazine rings is 1. The summed E-state index contributed by atoms with van der Waals surface area (Å²) in [5.74, 6) is 0.458. The zero-order valence-electron chi connectivity index (χ0n) is 15.2. The van der Waals surface area contributed by atoms with Crippen molar-refractivity contribution >= 4 is 17.5 Å². The number of nitrogens with one attached hydrogen (secondary N) is 1. The lowest BCUT2D eigenvalue weighted by Crippen LogP contribution is -2.49. The van der Waals surface area contributed by atoms with E-state index in [1.165, 1.54) is 12.1 Å². The van der Waals surface area contributed by atoms with E-state index >= 15 is 0 Å². The van der Waals surface area contributed by atoms with Crippen molar-refractivity contribution < 1.29 is 9.72 Å². The summed E-state index contributed by atoms with van der Waals surface area (Å²) in [4.78, 5) is 35.8. The second-order valence-electron chi connectivity index (χ2n) is 6.34. The Balaban J connectivity index is 1.46. The summed E-state index contributed by atoms with van der Waals surface area (Å²) < 4.78 is 0. The number of anilines is 1. The third-order valence-corrected chi connectivity index (χ3v) is 4.67. The molecule has 0 atom stereocenters. The monoisotopic (exact) mass is 370 g/mol. The summed E-state index contributed by atoms with van der Waals surface area (Å²) >= 11 is 0. The second-order valence-corrected chi connectivity index (χ2v) is 6.34. The van der Waals surface area contributed by atoms with Crippen LogP contribution in [0.1, 0.15) is 15.9 Å². The average Bonchev–Trinajstić information content (AvgIpc) is 2.69. The van der Waals surface area contributed by atoms with Gasteiger partial charge in [0.2, 0.25) is 5.95 Å². The quantitative estimate of drug-likeness (QED) is 0.602. The molecule has 27 heavy (non-hydrogen) atoms. The molecule has 1 fully saturated rings. The molecule has 2 aromatic rings. The predicted molar refractivity (Wildman–Crippen MR) is 101 cm³/mol. The minimum Gasteiger partial charge on any atom is -0.351 e. The molecule has 9 heteroatoms. The summed E-state index contributed by atoms with van der Waals surface area (Å²) in [6.45, 7) is 6.21. The molecule has 0 spiro atoms. The first kappa shape index (κ1) is 18.7. The van der Waals surface area contributed by atoms with Crippen LogP contribution in [0.4, 0.5) is 11.6 Å². The summed E-state index contributed by atoms with van der Waals surface area (Å²) in [7, 11) is 0. The fraction of sp³-hybridized carbons (Fsp3) is 0.389. The molecule has 1 amide bonds. The van der Waals surface area contributed by atoms with Crippen LogP contribution >= 0.6 is 0 Å². The van der Waals surface area contributed by atoms with Crippen LogP contribution in [0.3, 0.4) is 0 Å². The number of nitrogens with zero attached hydrogens (tertiary/aromatic N) is 5. The Hall–Kier alpha value is -3.07. The number of aromatic nitrogens is 2. The number of amides is 1. The van der Waals surface area contributed by atoms with Crippen LogP contribution in [-0.4, -0.2) is 65.0 Å². The molecule has 9 nitrogen and oxygen atoms in total. The molecule has 0 unspecified atom stereocenters. The smallest absolute Gasteiger partial charge is 0.273 e. The van der Waals surface area contributed by atoms with Crippen molar-refractivity contribution in [3.05, 3.63) is 57.9 Å². The molecule has 2 heterocycles. The SMILES string of the molecule is Cc1c(C(=O)NCCN2CCN(c3ncccn3)CC2)cccc1[N+](=O)[O-]. The molecular formula is C18H22N6O3. The van der Waals surface area contributed by atoms with Gasteiger partial charge in [-0.25, -0.2) is 9.97 Å². The molecule has 1 aromatic carbocycles. The Morgan fingerprint density at radius 2 is 1.89 bits per heavy atom. The molecule has 1 saturated heterocycles. The van der Waals surface area contributed by atoms with Gasteiger partial charge in [-0.3, -0.25) is 19.8 Å². The van der Waals surface area contributed by atoms with Gasteiger partial charge in [0, 0.05) is 68.9 Å². The zero-order valence-corrected chi connectivity index (χ0v) is 15.2. The van der Waals surface area contributed by atoms with Gasteiger partial charge in [0.05, 0.1) is 4.92 Å². The normalized spacial score (nSPS) is 14.8. The van der Waals surface area contributed by atoms with Crippen molar-refractivity contribution in [3.63, 3.8) is 0 Å². The summed E-state index contributed by atoms with van der Waals surface area (Å²) in [5.41, 5.74) is 0.689. The highest BCUT2D eigenvalue weighted by Gasteiger charge is 2.20. The van der Waals surface area contributed by atoms with Crippen LogP contribution in [0, 0.1) is 17.0 Å². The number of hydrogen-bond donors (Lipinski definition) is 1. The van der Waals surface area contributed by atoms with Crippen molar-refractivity contribution in [1.82, 2.24) is 20.2 Å². The molecule has 0 bridgehead atoms. The zero-order chi connectivity index (χ0) is 19.2. The van der Waals surface area contributed by atoms with E-state index < -0.39 is 4.92 Å². The summed E-state index contributed by atoms with van der Waals surface area (Å²) in [6.07, 6.45) is 3.47. The highest BCUT2D eigenvalue weighted by Crippen LogP contribution is 2.20. The van der Waals surface area contributed by atoms with Crippen LogP contribution in [-0.2, 0) is 0 Å². The highest BCUT2D eigenvalue weighted by molar-refractivity contribution is 5.96. The van der Waals surface area contributed by atoms with Crippen molar-refractivity contribution in [2.45, 2.75) is 6.92 Å². The molecule has 0 radical (unpaired) electrons. The number of carbonyl (C=O) groups excluding carboxylic acids is 1. The minimum atomic E-state index is -0.470. The van der Waals surface area contributed by atoms with Crippen LogP contribution in [0.5, 0.6) is 0 Å². The fourth-order valence-corrected chi connectivity index (χ4v) is 3.12. The predicted octanol–water partition coefficient (Wildman–Crippen LogP) is 1.25. The number of hydrogen-bond acceptors (Lipinski definition) is 7. The molecular weight excluding hydrogens is 348 g/mol. The number of carbonyl (C=O) groups is 1. The molecule has 142 valence electrons. The molecule has 1 aromatic heterocycles. The molecule has 0 saturated carbocycles. The van der Waals surface area contributed by atoms with E-state index in [9.17, 15) is 14.9 Å². The Labute approximate surface area is 157 Å². The van der Waals surface area contributed by atoms with E-state index in [4.69, 9.17) is 0 Å². The Kier molecular flexibility index (Phi) is 5.92. The van der Waals surface area contributed by atoms with Crippen molar-refractivity contribution in [1.29, 1.82) is 0 Å². The lowest BCUT2D eigenvalue weighted by atomic mass is 10.1. The van der Waals surface area contributed by atoms with E-state index in [0.717, 1.165) is 38.7 Å². The van der Waals surface area contributed by atoms with Gasteiger partial charge < -0.3 is 10.2 Å². The van der Waals surface area contributed by atoms with Gasteiger partial charge in [-0.15, -0.1) is 0 Å². The van der Waals surface area contributed by atoms with Crippen molar-refractivity contribution in [2.24, 2.45) is 0 Å². The van der Waals surface area contributed by atoms with Gasteiger partial charge in [-0.05, 0) is 19.1 Å². The van der Waals surface area contributed by atoms with Gasteiger partial charge in [0.25, 0.3) is 11.6 Å². The van der Waals surface area contributed by atoms with Crippen LogP contribution in [0.25, 0.3) is 0 Å². The first-order valence-corrected chi connectivity index (χ1v) is 8.83. The molecule has 1 N–H and O–H groups in total. The van der Waals surface area contributed by atoms with E-state index in [1.54, 1.807) is 31.5 Å². The van der Waals surface area contributed by atoms with E-state index in [1.807, 2.05) is 0 Å². The second kappa shape index (κ2) is 8.54. The summed E-state index contributed by atoms with van der Waals surface area (Å²) in [5, 5.41) is 13.9. The minimum absolute atomic E-state index is 0.0399. The lowest BCUT2D eigenvalue weighted by Gasteiger charge is -2.34. The maximum absolute atomic E-state index is 12.3. The molecule has 1 aliphatic rings. The number of rotatable bonds is 6. The van der Waals surface area contributed by atoms with Gasteiger partial charge >= 0.3 is 0 Å². The largest absolute Gasteiger partial charge is 0.351 e. The standard InChI is InChI=1S/C18H22N6O3/c1-14-15(4-2-5-16(14)24(26)27)17(25)19-8-9-22-10-12-23(13-11-22)18-20-6-3-7-21-18/h2-7H,8-13H2,1H3,(H,19,25). The van der Waals surface area contributed by atoms with Crippen LogP contribution in [0.15, 0.2) is 36.7 Å². The topological polar surface area (TPSA) is 104 Å². The average molecular weight is 370 g/mol. The third kappa shape index (κ3) is 4.56. The first-order valence-electron chi connectivity index (χ1n) is 8.83. The maximum Gasteiger partial charge on any atom is 0.273 e. The van der Waals surface area contributed by atoms with Crippen molar-refractivity contribution in [3.8, 4) is 0 Å². The Morgan fingerprint density at radius 1 is 1.19 bits per heavy atom. The van der Waals surface area contributed by atoms with E-state index in [0.29, 0.717) is 17.7 Å². The Bertz CT molecular complexity index is 806. The van der Waals surface area contributed by atoms with Gasteiger partial charge in [-0.2, -0.15) is 0 Å². The third-order valence-electron chi connectivity index (χ3n) is 4.67. The molecule has 0 aliphatic carbocycles. The first-order chi connectivity index (χ1) is 13.1. The van der Waals surface area contributed by atoms with Gasteiger partial charge in [0.1, 0.15) is 0 Å². The van der Waals surface area contributed by atoms with Crippen molar-refractivity contribution in [2.75, 3.05) is 44.2 Å². The fourth-order valence-electron chi connectivity index (χ4n) is 3.12. The highest BCUT2D eigenvalue weighted by atomic mass is 16.6. The number of nitro groups is 1. The lowest BCUT2D eigenvalue weighted by molar-refractivity contribution is -0.385. The molecule has 1 aliphatic heterocycles. The number of nitro benzene ring substituents is 1. The van der Waals surface area contributed by atoms with Gasteiger partial charge in [-0.1, -0.05) is 6.07 Å². The van der Waals surface area contributed by atoms with Crippen LogP contribution in [0.2, 0.25) is 0 Å². The van der Waals surface area contributed by atoms with E-state index in [2.05, 4.69) is 25.1 Å². The Morgan fingerprint density at radius 3 is 2.56 bits per heavy atom. The number of benzene rings is 1. The molecule has 3 rings (SSSR count). The van der Waals surface area contributed by atoms with Gasteiger partial charge in [0.15, 0.2) is 0 Å².